The van der Waals surface area contributed by atoms with Crippen molar-refractivity contribution in [3.63, 3.8) is 0 Å². The summed E-state index contributed by atoms with van der Waals surface area (Å²) in [4.78, 5) is 14.9. The first-order valence-electron chi connectivity index (χ1n) is 8.13. The minimum absolute atomic E-state index is 0.223. The normalized spacial score (nSPS) is 17.7. The van der Waals surface area contributed by atoms with E-state index in [1.54, 1.807) is 17.0 Å². The highest BCUT2D eigenvalue weighted by molar-refractivity contribution is 7.92. The van der Waals surface area contributed by atoms with E-state index >= 15 is 0 Å². The number of carbonyl (C=O) groups excluding carboxylic acids is 1. The van der Waals surface area contributed by atoms with E-state index in [2.05, 4.69) is 5.32 Å². The molecule has 2 amide bonds. The molecule has 7 nitrogen and oxygen atoms in total. The van der Waals surface area contributed by atoms with E-state index in [1.807, 2.05) is 24.3 Å². The average Bonchev–Trinajstić information content (AvgIpc) is 3.30. The van der Waals surface area contributed by atoms with Gasteiger partial charge in [0, 0.05) is 24.1 Å². The predicted octanol–water partition coefficient (Wildman–Crippen LogP) is 2.23. The van der Waals surface area contributed by atoms with Gasteiger partial charge in [0.15, 0.2) is 21.3 Å². The molecule has 1 aromatic carbocycles. The van der Waals surface area contributed by atoms with Gasteiger partial charge >= 0.3 is 6.03 Å². The van der Waals surface area contributed by atoms with Gasteiger partial charge in [0.05, 0.1) is 13.1 Å². The Kier molecular flexibility index (Phi) is 4.07. The predicted molar refractivity (Wildman–Crippen MR) is 96.3 cm³/mol. The summed E-state index contributed by atoms with van der Waals surface area (Å²) in [5.74, 6) is 0.580. The van der Waals surface area contributed by atoms with E-state index in [1.165, 1.54) is 6.26 Å². The minimum atomic E-state index is -3.22. The Hall–Kier alpha value is -2.26. The van der Waals surface area contributed by atoms with Gasteiger partial charge in [-0.3, -0.25) is 0 Å². The lowest BCUT2D eigenvalue weighted by Crippen LogP contribution is -2.45. The number of benzene rings is 1. The number of nitrogens with zero attached hydrogens (tertiary/aromatic N) is 1. The van der Waals surface area contributed by atoms with Gasteiger partial charge in [0.25, 0.3) is 5.79 Å². The third-order valence-electron chi connectivity index (χ3n) is 4.34. The van der Waals surface area contributed by atoms with Crippen LogP contribution in [0.3, 0.4) is 0 Å². The number of ether oxygens (including phenoxy) is 2. The molecule has 0 radical (unpaired) electrons. The summed E-state index contributed by atoms with van der Waals surface area (Å²) in [5, 5.41) is 2.82. The van der Waals surface area contributed by atoms with Gasteiger partial charge in [-0.15, -0.1) is 11.3 Å². The van der Waals surface area contributed by atoms with Crippen molar-refractivity contribution >= 4 is 27.2 Å². The van der Waals surface area contributed by atoms with E-state index in [0.717, 1.165) is 16.2 Å². The first-order chi connectivity index (χ1) is 12.3. The minimum Gasteiger partial charge on any atom is -0.447 e. The number of nitrogens with one attached hydrogen (secondary N) is 1. The van der Waals surface area contributed by atoms with Gasteiger partial charge in [-0.2, -0.15) is 0 Å². The molecule has 3 heterocycles. The second-order valence-corrected chi connectivity index (χ2v) is 9.80. The number of urea groups is 1. The molecule has 0 saturated carbocycles. The van der Waals surface area contributed by atoms with E-state index in [9.17, 15) is 13.2 Å². The van der Waals surface area contributed by atoms with Crippen molar-refractivity contribution in [2.75, 3.05) is 19.3 Å². The molecule has 26 heavy (non-hydrogen) atoms. The number of likely N-dealkylation sites (tertiary alicyclic amines) is 1. The number of thiophene rings is 1. The number of carbonyl (C=O) groups is 1. The number of sulfone groups is 1. The van der Waals surface area contributed by atoms with Crippen LogP contribution >= 0.6 is 11.3 Å². The molecule has 9 heteroatoms. The molecule has 0 atom stereocenters. The topological polar surface area (TPSA) is 84.9 Å². The zero-order valence-electron chi connectivity index (χ0n) is 14.1. The van der Waals surface area contributed by atoms with Crippen molar-refractivity contribution in [3.8, 4) is 11.5 Å². The van der Waals surface area contributed by atoms with Crippen LogP contribution in [0.5, 0.6) is 11.5 Å². The maximum atomic E-state index is 12.4. The number of fused-ring (bicyclic) bond motifs is 1. The first-order valence-corrected chi connectivity index (χ1v) is 10.8. The van der Waals surface area contributed by atoms with Crippen molar-refractivity contribution in [2.45, 2.75) is 23.0 Å². The monoisotopic (exact) mass is 394 g/mol. The van der Waals surface area contributed by atoms with Crippen LogP contribution in [0, 0.1) is 0 Å². The molecule has 2 aromatic rings. The second-order valence-electron chi connectivity index (χ2n) is 6.38. The van der Waals surface area contributed by atoms with Gasteiger partial charge in [0.2, 0.25) is 0 Å². The Morgan fingerprint density at radius 3 is 2.54 bits per heavy atom. The SMILES string of the molecule is CS(=O)(=O)c1ccc(CNC(=O)N2CCC3(C2)Oc2ccccc2O3)s1. The first kappa shape index (κ1) is 17.2. The smallest absolute Gasteiger partial charge is 0.317 e. The summed E-state index contributed by atoms with van der Waals surface area (Å²) in [6.07, 6.45) is 1.76. The van der Waals surface area contributed by atoms with E-state index in [-0.39, 0.29) is 12.6 Å². The Balaban J connectivity index is 1.35. The molecular weight excluding hydrogens is 376 g/mol. The fourth-order valence-corrected chi connectivity index (χ4v) is 4.98. The van der Waals surface area contributed by atoms with E-state index < -0.39 is 15.6 Å². The summed E-state index contributed by atoms with van der Waals surface area (Å²) < 4.78 is 35.2. The summed E-state index contributed by atoms with van der Waals surface area (Å²) in [5.41, 5.74) is 0. The van der Waals surface area contributed by atoms with Gasteiger partial charge < -0.3 is 19.7 Å². The highest BCUT2D eigenvalue weighted by atomic mass is 32.2. The van der Waals surface area contributed by atoms with Gasteiger partial charge in [0.1, 0.15) is 4.21 Å². The van der Waals surface area contributed by atoms with Crippen LogP contribution in [0.2, 0.25) is 0 Å². The van der Waals surface area contributed by atoms with Crippen LogP contribution in [0.4, 0.5) is 4.79 Å². The molecule has 2 aliphatic heterocycles. The fourth-order valence-electron chi connectivity index (χ4n) is 3.06. The molecule has 138 valence electrons. The lowest BCUT2D eigenvalue weighted by atomic mass is 10.2. The molecule has 1 saturated heterocycles. The molecule has 1 spiro atoms. The molecule has 0 unspecified atom stereocenters. The van der Waals surface area contributed by atoms with Crippen LogP contribution < -0.4 is 14.8 Å². The number of amides is 2. The summed E-state index contributed by atoms with van der Waals surface area (Å²) in [6.45, 7) is 1.15. The highest BCUT2D eigenvalue weighted by Crippen LogP contribution is 2.42. The largest absolute Gasteiger partial charge is 0.447 e. The van der Waals surface area contributed by atoms with Crippen LogP contribution in [-0.4, -0.2) is 44.5 Å². The number of hydrogen-bond donors (Lipinski definition) is 1. The van der Waals surface area contributed by atoms with Gasteiger partial charge in [-0.1, -0.05) is 12.1 Å². The number of rotatable bonds is 3. The second kappa shape index (κ2) is 6.17. The Labute approximate surface area is 155 Å². The zero-order chi connectivity index (χ0) is 18.4. The van der Waals surface area contributed by atoms with Crippen molar-refractivity contribution in [1.82, 2.24) is 10.2 Å². The molecular formula is C17H18N2O5S2. The number of hydrogen-bond acceptors (Lipinski definition) is 6. The van der Waals surface area contributed by atoms with Crippen molar-refractivity contribution in [3.05, 3.63) is 41.3 Å². The van der Waals surface area contributed by atoms with Crippen molar-refractivity contribution in [2.24, 2.45) is 0 Å². The van der Waals surface area contributed by atoms with E-state index in [4.69, 9.17) is 9.47 Å². The molecule has 4 rings (SSSR count). The van der Waals surface area contributed by atoms with Crippen LogP contribution in [0.1, 0.15) is 11.3 Å². The lowest BCUT2D eigenvalue weighted by molar-refractivity contribution is -0.0650. The summed E-state index contributed by atoms with van der Waals surface area (Å²) in [6, 6.07) is 10.5. The van der Waals surface area contributed by atoms with Crippen LogP contribution in [-0.2, 0) is 16.4 Å². The molecule has 0 aliphatic carbocycles. The van der Waals surface area contributed by atoms with Gasteiger partial charge in [-0.25, -0.2) is 13.2 Å². The zero-order valence-corrected chi connectivity index (χ0v) is 15.7. The van der Waals surface area contributed by atoms with Crippen LogP contribution in [0.15, 0.2) is 40.6 Å². The molecule has 2 aliphatic rings. The standard InChI is InChI=1S/C17H18N2O5S2/c1-26(21,22)15-7-6-12(25-15)10-18-16(20)19-9-8-17(11-19)23-13-4-2-3-5-14(13)24-17/h2-7H,8-11H2,1H3,(H,18,20). The van der Waals surface area contributed by atoms with Gasteiger partial charge in [-0.05, 0) is 24.3 Å². The fraction of sp³-hybridized carbons (Fsp3) is 0.353. The third kappa shape index (κ3) is 3.24. The molecule has 1 fully saturated rings. The molecule has 1 N–H and O–H groups in total. The Morgan fingerprint density at radius 2 is 1.92 bits per heavy atom. The Bertz CT molecular complexity index is 929. The average molecular weight is 394 g/mol. The maximum absolute atomic E-state index is 12.4. The number of para-hydroxylation sites is 2. The summed E-state index contributed by atoms with van der Waals surface area (Å²) >= 11 is 1.16. The van der Waals surface area contributed by atoms with E-state index in [0.29, 0.717) is 35.2 Å². The van der Waals surface area contributed by atoms with Crippen molar-refractivity contribution < 1.29 is 22.7 Å². The lowest BCUT2D eigenvalue weighted by Gasteiger charge is -2.23. The summed E-state index contributed by atoms with van der Waals surface area (Å²) in [7, 11) is -3.22. The maximum Gasteiger partial charge on any atom is 0.317 e. The molecule has 1 aromatic heterocycles. The Morgan fingerprint density at radius 1 is 1.23 bits per heavy atom. The third-order valence-corrected chi connectivity index (χ3v) is 7.24. The molecule has 0 bridgehead atoms. The van der Waals surface area contributed by atoms with Crippen molar-refractivity contribution in [1.29, 1.82) is 0 Å². The highest BCUT2D eigenvalue weighted by Gasteiger charge is 2.48. The van der Waals surface area contributed by atoms with Crippen LogP contribution in [0.25, 0.3) is 0 Å². The quantitative estimate of drug-likeness (QED) is 0.863.